The SMILES string of the molecule is CC1(C)CC(=O)Nc2cc3nc(-c4ccc(C(N)=O)cc4)[nH]c3cc21. The summed E-state index contributed by atoms with van der Waals surface area (Å²) in [5, 5.41) is 2.93. The molecular formula is C19H18N4O2. The molecule has 0 aliphatic carbocycles. The summed E-state index contributed by atoms with van der Waals surface area (Å²) in [5.74, 6) is 0.272. The molecule has 3 aromatic rings. The maximum atomic E-state index is 11.9. The van der Waals surface area contributed by atoms with Gasteiger partial charge in [0, 0.05) is 28.7 Å². The van der Waals surface area contributed by atoms with E-state index in [0.29, 0.717) is 17.8 Å². The average Bonchev–Trinajstić information content (AvgIpc) is 2.95. The second-order valence-corrected chi connectivity index (χ2v) is 7.05. The van der Waals surface area contributed by atoms with Gasteiger partial charge in [-0.05, 0) is 29.8 Å². The third kappa shape index (κ3) is 2.55. The number of hydrogen-bond donors (Lipinski definition) is 3. The monoisotopic (exact) mass is 334 g/mol. The van der Waals surface area contributed by atoms with Crippen LogP contribution >= 0.6 is 0 Å². The van der Waals surface area contributed by atoms with Gasteiger partial charge in [0.15, 0.2) is 0 Å². The molecule has 0 atom stereocenters. The number of rotatable bonds is 2. The van der Waals surface area contributed by atoms with Crippen molar-refractivity contribution >= 4 is 28.5 Å². The first-order valence-electron chi connectivity index (χ1n) is 8.08. The van der Waals surface area contributed by atoms with Crippen molar-refractivity contribution in [2.24, 2.45) is 5.73 Å². The smallest absolute Gasteiger partial charge is 0.248 e. The number of imidazole rings is 1. The van der Waals surface area contributed by atoms with Crippen molar-refractivity contribution in [3.63, 3.8) is 0 Å². The Labute approximate surface area is 144 Å². The van der Waals surface area contributed by atoms with Crippen molar-refractivity contribution in [2.75, 3.05) is 5.32 Å². The van der Waals surface area contributed by atoms with Gasteiger partial charge < -0.3 is 16.0 Å². The highest BCUT2D eigenvalue weighted by Gasteiger charge is 2.32. The van der Waals surface area contributed by atoms with Gasteiger partial charge in [-0.1, -0.05) is 26.0 Å². The summed E-state index contributed by atoms with van der Waals surface area (Å²) < 4.78 is 0. The number of nitrogens with zero attached hydrogens (tertiary/aromatic N) is 1. The topological polar surface area (TPSA) is 101 Å². The molecule has 1 aliphatic heterocycles. The van der Waals surface area contributed by atoms with Crippen LogP contribution in [0, 0.1) is 0 Å². The van der Waals surface area contributed by atoms with E-state index in [1.54, 1.807) is 12.1 Å². The molecule has 2 amide bonds. The third-order valence-electron chi connectivity index (χ3n) is 4.67. The molecule has 0 radical (unpaired) electrons. The van der Waals surface area contributed by atoms with Crippen LogP contribution in [0.4, 0.5) is 5.69 Å². The first kappa shape index (κ1) is 15.4. The van der Waals surface area contributed by atoms with Gasteiger partial charge in [0.1, 0.15) is 5.82 Å². The Morgan fingerprint density at radius 2 is 1.92 bits per heavy atom. The summed E-state index contributed by atoms with van der Waals surface area (Å²) >= 11 is 0. The summed E-state index contributed by atoms with van der Waals surface area (Å²) in [6.45, 7) is 4.13. The van der Waals surface area contributed by atoms with Crippen LogP contribution < -0.4 is 11.1 Å². The molecule has 25 heavy (non-hydrogen) atoms. The predicted molar refractivity (Wildman–Crippen MR) is 96.3 cm³/mol. The molecule has 6 heteroatoms. The number of nitrogens with two attached hydrogens (primary N) is 1. The Kier molecular flexibility index (Phi) is 3.18. The van der Waals surface area contributed by atoms with Crippen LogP contribution in [0.15, 0.2) is 36.4 Å². The number of amides is 2. The molecule has 0 spiro atoms. The van der Waals surface area contributed by atoms with E-state index in [1.165, 1.54) is 0 Å². The van der Waals surface area contributed by atoms with Gasteiger partial charge in [0.05, 0.1) is 11.0 Å². The number of carbonyl (C=O) groups is 2. The molecule has 1 aromatic heterocycles. The van der Waals surface area contributed by atoms with Gasteiger partial charge in [-0.3, -0.25) is 9.59 Å². The number of aromatic amines is 1. The molecule has 2 heterocycles. The van der Waals surface area contributed by atoms with Crippen molar-refractivity contribution in [3.8, 4) is 11.4 Å². The first-order chi connectivity index (χ1) is 11.8. The second kappa shape index (κ2) is 5.17. The molecule has 0 fully saturated rings. The number of aromatic nitrogens is 2. The van der Waals surface area contributed by atoms with Crippen molar-refractivity contribution in [1.29, 1.82) is 0 Å². The van der Waals surface area contributed by atoms with Crippen LogP contribution in [-0.2, 0) is 10.2 Å². The summed E-state index contributed by atoms with van der Waals surface area (Å²) in [5.41, 5.74) is 9.98. The minimum absolute atomic E-state index is 0.0228. The molecule has 4 N–H and O–H groups in total. The largest absolute Gasteiger partial charge is 0.366 e. The number of nitrogens with one attached hydrogen (secondary N) is 2. The third-order valence-corrected chi connectivity index (χ3v) is 4.67. The van der Waals surface area contributed by atoms with Crippen molar-refractivity contribution < 1.29 is 9.59 Å². The highest BCUT2D eigenvalue weighted by atomic mass is 16.2. The molecule has 6 nitrogen and oxygen atoms in total. The zero-order valence-corrected chi connectivity index (χ0v) is 14.0. The normalized spacial score (nSPS) is 15.7. The Morgan fingerprint density at radius 3 is 2.60 bits per heavy atom. The molecule has 4 rings (SSSR count). The van der Waals surface area contributed by atoms with E-state index in [4.69, 9.17) is 5.73 Å². The molecule has 2 aromatic carbocycles. The lowest BCUT2D eigenvalue weighted by molar-refractivity contribution is -0.117. The van der Waals surface area contributed by atoms with Gasteiger partial charge in [-0.15, -0.1) is 0 Å². The van der Waals surface area contributed by atoms with Crippen LogP contribution in [0.1, 0.15) is 36.2 Å². The van der Waals surface area contributed by atoms with Crippen molar-refractivity contribution in [1.82, 2.24) is 9.97 Å². The van der Waals surface area contributed by atoms with Gasteiger partial charge in [0.25, 0.3) is 0 Å². The number of fused-ring (bicyclic) bond motifs is 2. The minimum Gasteiger partial charge on any atom is -0.366 e. The molecule has 0 bridgehead atoms. The Balaban J connectivity index is 1.81. The van der Waals surface area contributed by atoms with E-state index in [1.807, 2.05) is 18.2 Å². The van der Waals surface area contributed by atoms with Gasteiger partial charge in [0.2, 0.25) is 11.8 Å². The Bertz CT molecular complexity index is 1020. The first-order valence-corrected chi connectivity index (χ1v) is 8.08. The fourth-order valence-electron chi connectivity index (χ4n) is 3.34. The zero-order valence-electron chi connectivity index (χ0n) is 14.0. The highest BCUT2D eigenvalue weighted by molar-refractivity contribution is 5.98. The number of benzene rings is 2. The number of carbonyl (C=O) groups excluding carboxylic acids is 2. The van der Waals surface area contributed by atoms with Crippen molar-refractivity contribution in [3.05, 3.63) is 47.5 Å². The average molecular weight is 334 g/mol. The van der Waals surface area contributed by atoms with E-state index in [0.717, 1.165) is 27.8 Å². The number of hydrogen-bond acceptors (Lipinski definition) is 3. The molecule has 0 unspecified atom stereocenters. The fourth-order valence-corrected chi connectivity index (χ4v) is 3.34. The van der Waals surface area contributed by atoms with Crippen LogP contribution in [-0.4, -0.2) is 21.8 Å². The van der Waals surface area contributed by atoms with E-state index < -0.39 is 5.91 Å². The second-order valence-electron chi connectivity index (χ2n) is 7.05. The van der Waals surface area contributed by atoms with Gasteiger partial charge in [-0.25, -0.2) is 4.98 Å². The van der Waals surface area contributed by atoms with Gasteiger partial charge >= 0.3 is 0 Å². The molecule has 1 aliphatic rings. The van der Waals surface area contributed by atoms with E-state index in [9.17, 15) is 9.59 Å². The van der Waals surface area contributed by atoms with Crippen LogP contribution in [0.3, 0.4) is 0 Å². The maximum absolute atomic E-state index is 11.9. The predicted octanol–water partition coefficient (Wildman–Crippen LogP) is 2.95. The lowest BCUT2D eigenvalue weighted by Crippen LogP contribution is -2.32. The van der Waals surface area contributed by atoms with Crippen LogP contribution in [0.25, 0.3) is 22.4 Å². The summed E-state index contributed by atoms with van der Waals surface area (Å²) in [6, 6.07) is 10.9. The summed E-state index contributed by atoms with van der Waals surface area (Å²) in [7, 11) is 0. The molecule has 0 saturated carbocycles. The molecule has 0 saturated heterocycles. The lowest BCUT2D eigenvalue weighted by atomic mass is 9.78. The number of primary amides is 1. The van der Waals surface area contributed by atoms with Crippen LogP contribution in [0.5, 0.6) is 0 Å². The van der Waals surface area contributed by atoms with Crippen molar-refractivity contribution in [2.45, 2.75) is 25.7 Å². The zero-order chi connectivity index (χ0) is 17.8. The minimum atomic E-state index is -0.457. The Hall–Kier alpha value is -3.15. The molecular weight excluding hydrogens is 316 g/mol. The standard InChI is InChI=1S/C19H18N4O2/c1-19(2)9-16(24)21-13-8-15-14(7-12(13)19)22-18(23-15)11-5-3-10(4-6-11)17(20)25/h3-8H,9H2,1-2H3,(H2,20,25)(H,21,24)(H,22,23). The van der Waals surface area contributed by atoms with E-state index in [2.05, 4.69) is 35.2 Å². The quantitative estimate of drug-likeness (QED) is 0.671. The van der Waals surface area contributed by atoms with E-state index in [-0.39, 0.29) is 11.3 Å². The Morgan fingerprint density at radius 1 is 1.20 bits per heavy atom. The molecule has 126 valence electrons. The van der Waals surface area contributed by atoms with E-state index >= 15 is 0 Å². The summed E-state index contributed by atoms with van der Waals surface area (Å²) in [4.78, 5) is 31.0. The lowest BCUT2D eigenvalue weighted by Gasteiger charge is -2.31. The fraction of sp³-hybridized carbons (Fsp3) is 0.211. The van der Waals surface area contributed by atoms with Crippen LogP contribution in [0.2, 0.25) is 0 Å². The highest BCUT2D eigenvalue weighted by Crippen LogP contribution is 2.39. The number of H-pyrrole nitrogens is 1. The van der Waals surface area contributed by atoms with Gasteiger partial charge in [-0.2, -0.15) is 0 Å². The number of anilines is 1. The summed E-state index contributed by atoms with van der Waals surface area (Å²) in [6.07, 6.45) is 0.459. The maximum Gasteiger partial charge on any atom is 0.248 e.